The normalized spacial score (nSPS) is 18.9. The van der Waals surface area contributed by atoms with Gasteiger partial charge < -0.3 is 9.64 Å². The lowest BCUT2D eigenvalue weighted by Gasteiger charge is -2.28. The van der Waals surface area contributed by atoms with Crippen LogP contribution < -0.4 is 9.64 Å². The molecule has 0 N–H and O–H groups in total. The number of sulfonamides is 1. The summed E-state index contributed by atoms with van der Waals surface area (Å²) in [7, 11) is -1.31. The lowest BCUT2D eigenvalue weighted by Crippen LogP contribution is -2.31. The van der Waals surface area contributed by atoms with Crippen molar-refractivity contribution in [2.45, 2.75) is 19.3 Å². The first-order valence-electron chi connectivity index (χ1n) is 9.40. The summed E-state index contributed by atoms with van der Waals surface area (Å²) < 4.78 is 31.0. The van der Waals surface area contributed by atoms with Gasteiger partial charge in [0.1, 0.15) is 12.4 Å². The minimum atomic E-state index is -3.11. The van der Waals surface area contributed by atoms with E-state index >= 15 is 0 Å². The van der Waals surface area contributed by atoms with Crippen molar-refractivity contribution in [1.29, 1.82) is 0 Å². The standard InChI is InChI=1S/C20H23N3O4S/c1-22-19(24)7-6-15-4-2-5-18(20(15)22)16-12-17(14-21-13-16)27-10-9-23-8-3-11-28(23,25)26/h2,4-5,12-14H,3,6-11H2,1H3. The zero-order valence-electron chi connectivity index (χ0n) is 15.8. The molecule has 0 unspecified atom stereocenters. The molecule has 0 aliphatic carbocycles. The number of carbonyl (C=O) groups excluding carboxylic acids is 1. The summed E-state index contributed by atoms with van der Waals surface area (Å²) in [5.41, 5.74) is 3.86. The van der Waals surface area contributed by atoms with E-state index in [2.05, 4.69) is 4.98 Å². The molecule has 3 heterocycles. The van der Waals surface area contributed by atoms with Crippen LogP contribution in [0.4, 0.5) is 5.69 Å². The highest BCUT2D eigenvalue weighted by atomic mass is 32.2. The number of benzene rings is 1. The van der Waals surface area contributed by atoms with Gasteiger partial charge in [-0.3, -0.25) is 9.78 Å². The van der Waals surface area contributed by atoms with Crippen molar-refractivity contribution in [1.82, 2.24) is 9.29 Å². The summed E-state index contributed by atoms with van der Waals surface area (Å²) in [6, 6.07) is 7.90. The van der Waals surface area contributed by atoms with E-state index in [1.54, 1.807) is 24.3 Å². The Morgan fingerprint density at radius 2 is 2.07 bits per heavy atom. The number of pyridine rings is 1. The van der Waals surface area contributed by atoms with Crippen molar-refractivity contribution in [2.75, 3.05) is 37.4 Å². The van der Waals surface area contributed by atoms with E-state index in [1.807, 2.05) is 24.3 Å². The minimum Gasteiger partial charge on any atom is -0.491 e. The van der Waals surface area contributed by atoms with Crippen LogP contribution in [0.5, 0.6) is 5.75 Å². The van der Waals surface area contributed by atoms with Gasteiger partial charge in [0.25, 0.3) is 0 Å². The quantitative estimate of drug-likeness (QED) is 0.766. The number of hydrogen-bond donors (Lipinski definition) is 0. The molecule has 2 aromatic rings. The molecule has 1 fully saturated rings. The topological polar surface area (TPSA) is 79.8 Å². The molecule has 1 aromatic heterocycles. The molecule has 7 nitrogen and oxygen atoms in total. The molecule has 2 aliphatic rings. The number of anilines is 1. The third-order valence-electron chi connectivity index (χ3n) is 5.27. The zero-order chi connectivity index (χ0) is 19.7. The van der Waals surface area contributed by atoms with Crippen LogP contribution in [-0.4, -0.2) is 56.1 Å². The molecule has 4 rings (SSSR count). The lowest BCUT2D eigenvalue weighted by molar-refractivity contribution is -0.118. The number of nitrogens with zero attached hydrogens (tertiary/aromatic N) is 3. The highest BCUT2D eigenvalue weighted by Gasteiger charge is 2.28. The largest absolute Gasteiger partial charge is 0.491 e. The molecule has 1 saturated heterocycles. The number of hydrogen-bond acceptors (Lipinski definition) is 5. The monoisotopic (exact) mass is 401 g/mol. The summed E-state index contributed by atoms with van der Waals surface area (Å²) in [6.45, 7) is 1.17. The Morgan fingerprint density at radius 1 is 1.21 bits per heavy atom. The number of aryl methyl sites for hydroxylation is 1. The van der Waals surface area contributed by atoms with Crippen molar-refractivity contribution in [3.63, 3.8) is 0 Å². The number of aromatic nitrogens is 1. The number of amides is 1. The molecular formula is C20H23N3O4S. The molecule has 0 atom stereocenters. The first-order valence-corrected chi connectivity index (χ1v) is 11.0. The number of carbonyl (C=O) groups is 1. The van der Waals surface area contributed by atoms with Crippen LogP contribution >= 0.6 is 0 Å². The molecule has 0 bridgehead atoms. The third-order valence-corrected chi connectivity index (χ3v) is 7.23. The number of fused-ring (bicyclic) bond motifs is 1. The zero-order valence-corrected chi connectivity index (χ0v) is 16.6. The van der Waals surface area contributed by atoms with Gasteiger partial charge in [-0.15, -0.1) is 0 Å². The van der Waals surface area contributed by atoms with Gasteiger partial charge in [-0.05, 0) is 24.5 Å². The Hall–Kier alpha value is -2.45. The Labute approximate surface area is 165 Å². The maximum absolute atomic E-state index is 12.2. The van der Waals surface area contributed by atoms with E-state index in [0.717, 1.165) is 28.8 Å². The molecule has 0 spiro atoms. The van der Waals surface area contributed by atoms with Gasteiger partial charge in [0.15, 0.2) is 0 Å². The van der Waals surface area contributed by atoms with E-state index in [0.29, 0.717) is 31.7 Å². The number of rotatable bonds is 5. The second-order valence-electron chi connectivity index (χ2n) is 7.09. The second-order valence-corrected chi connectivity index (χ2v) is 9.18. The minimum absolute atomic E-state index is 0.104. The van der Waals surface area contributed by atoms with Gasteiger partial charge in [-0.25, -0.2) is 8.42 Å². The van der Waals surface area contributed by atoms with E-state index in [1.165, 1.54) is 4.31 Å². The molecule has 0 radical (unpaired) electrons. The van der Waals surface area contributed by atoms with Crippen LogP contribution in [-0.2, 0) is 21.2 Å². The molecule has 148 valence electrons. The number of ether oxygens (including phenoxy) is 1. The summed E-state index contributed by atoms with van der Waals surface area (Å²) >= 11 is 0. The Kier molecular flexibility index (Phi) is 5.07. The second kappa shape index (κ2) is 7.52. The summed E-state index contributed by atoms with van der Waals surface area (Å²) in [5.74, 6) is 0.902. The first-order chi connectivity index (χ1) is 13.5. The fourth-order valence-corrected chi connectivity index (χ4v) is 5.32. The number of para-hydroxylation sites is 1. The Morgan fingerprint density at radius 3 is 2.86 bits per heavy atom. The molecule has 8 heteroatoms. The van der Waals surface area contributed by atoms with Gasteiger partial charge >= 0.3 is 0 Å². The Balaban J connectivity index is 1.53. The van der Waals surface area contributed by atoms with Crippen LogP contribution in [0.25, 0.3) is 11.1 Å². The van der Waals surface area contributed by atoms with Crippen LogP contribution in [0, 0.1) is 0 Å². The maximum Gasteiger partial charge on any atom is 0.227 e. The van der Waals surface area contributed by atoms with Gasteiger partial charge in [-0.1, -0.05) is 18.2 Å². The predicted octanol–water partition coefficient (Wildman–Crippen LogP) is 2.07. The maximum atomic E-state index is 12.2. The van der Waals surface area contributed by atoms with Crippen molar-refractivity contribution in [3.8, 4) is 16.9 Å². The van der Waals surface area contributed by atoms with Crippen molar-refractivity contribution < 1.29 is 17.9 Å². The third kappa shape index (κ3) is 3.62. The lowest BCUT2D eigenvalue weighted by atomic mass is 9.94. The fraction of sp³-hybridized carbons (Fsp3) is 0.400. The van der Waals surface area contributed by atoms with Gasteiger partial charge in [0.05, 0.1) is 17.6 Å². The molecule has 1 aromatic carbocycles. The highest BCUT2D eigenvalue weighted by molar-refractivity contribution is 7.89. The van der Waals surface area contributed by atoms with E-state index in [4.69, 9.17) is 4.74 Å². The van der Waals surface area contributed by atoms with Crippen LogP contribution in [0.1, 0.15) is 18.4 Å². The van der Waals surface area contributed by atoms with Crippen molar-refractivity contribution >= 4 is 21.6 Å². The van der Waals surface area contributed by atoms with Crippen LogP contribution in [0.2, 0.25) is 0 Å². The molecule has 1 amide bonds. The molecule has 28 heavy (non-hydrogen) atoms. The molecule has 2 aliphatic heterocycles. The summed E-state index contributed by atoms with van der Waals surface area (Å²) in [6.07, 6.45) is 5.30. The van der Waals surface area contributed by atoms with Gasteiger partial charge in [0, 0.05) is 43.9 Å². The summed E-state index contributed by atoms with van der Waals surface area (Å²) in [4.78, 5) is 18.1. The van der Waals surface area contributed by atoms with Crippen LogP contribution in [0.15, 0.2) is 36.7 Å². The molecular weight excluding hydrogens is 378 g/mol. The Bertz CT molecular complexity index is 1010. The predicted molar refractivity (Wildman–Crippen MR) is 107 cm³/mol. The fourth-order valence-electron chi connectivity index (χ4n) is 3.81. The highest BCUT2D eigenvalue weighted by Crippen LogP contribution is 2.37. The molecule has 0 saturated carbocycles. The summed E-state index contributed by atoms with van der Waals surface area (Å²) in [5, 5.41) is 0. The average Bonchev–Trinajstić information content (AvgIpc) is 3.03. The smallest absolute Gasteiger partial charge is 0.227 e. The van der Waals surface area contributed by atoms with E-state index < -0.39 is 10.0 Å². The SMILES string of the molecule is CN1C(=O)CCc2cccc(-c3cncc(OCCN4CCCS4(=O)=O)c3)c21. The van der Waals surface area contributed by atoms with Crippen molar-refractivity contribution in [3.05, 3.63) is 42.2 Å². The first kappa shape index (κ1) is 18.9. The average molecular weight is 401 g/mol. The van der Waals surface area contributed by atoms with Crippen LogP contribution in [0.3, 0.4) is 0 Å². The van der Waals surface area contributed by atoms with Crippen molar-refractivity contribution in [2.24, 2.45) is 0 Å². The van der Waals surface area contributed by atoms with Gasteiger partial charge in [0.2, 0.25) is 15.9 Å². The van der Waals surface area contributed by atoms with Gasteiger partial charge in [-0.2, -0.15) is 4.31 Å². The van der Waals surface area contributed by atoms with E-state index in [-0.39, 0.29) is 18.3 Å². The van der Waals surface area contributed by atoms with E-state index in [9.17, 15) is 13.2 Å².